The predicted molar refractivity (Wildman–Crippen MR) is 151 cm³/mol. The van der Waals surface area contributed by atoms with E-state index in [0.717, 1.165) is 56.6 Å². The second-order valence-electron chi connectivity index (χ2n) is 11.0. The van der Waals surface area contributed by atoms with E-state index in [1.807, 2.05) is 37.5 Å². The molecular weight excluding hydrogens is 543 g/mol. The van der Waals surface area contributed by atoms with Crippen molar-refractivity contribution in [1.29, 1.82) is 0 Å². The van der Waals surface area contributed by atoms with Crippen molar-refractivity contribution in [2.75, 3.05) is 22.9 Å². The smallest absolute Gasteiger partial charge is 0.416 e. The van der Waals surface area contributed by atoms with Gasteiger partial charge >= 0.3 is 12.3 Å². The lowest BCUT2D eigenvalue weighted by Crippen LogP contribution is -2.57. The number of ether oxygens (including phenoxy) is 1. The molecule has 0 radical (unpaired) electrons. The maximum absolute atomic E-state index is 13.6. The second kappa shape index (κ2) is 12.8. The van der Waals surface area contributed by atoms with E-state index in [2.05, 4.69) is 4.90 Å². The highest BCUT2D eigenvalue weighted by Crippen LogP contribution is 2.36. The first-order valence-corrected chi connectivity index (χ1v) is 14.6. The highest BCUT2D eigenvalue weighted by atomic mass is 35.5. The van der Waals surface area contributed by atoms with Gasteiger partial charge in [-0.1, -0.05) is 25.4 Å². The summed E-state index contributed by atoms with van der Waals surface area (Å²) in [6.45, 7) is 9.80. The minimum absolute atomic E-state index is 0.0270. The van der Waals surface area contributed by atoms with Gasteiger partial charge in [-0.25, -0.2) is 14.8 Å². The fourth-order valence-corrected chi connectivity index (χ4v) is 6.12. The van der Waals surface area contributed by atoms with Crippen LogP contribution in [-0.2, 0) is 17.5 Å². The summed E-state index contributed by atoms with van der Waals surface area (Å²) in [5.74, 6) is 0.449. The Balaban J connectivity index is 1.68. The molecular formula is C29H39ClF3N5O2. The van der Waals surface area contributed by atoms with Gasteiger partial charge in [-0.05, 0) is 76.1 Å². The van der Waals surface area contributed by atoms with Gasteiger partial charge in [-0.3, -0.25) is 0 Å². The number of hydrogen-bond donors (Lipinski definition) is 0. The zero-order valence-corrected chi connectivity index (χ0v) is 24.4. The van der Waals surface area contributed by atoms with Crippen molar-refractivity contribution >= 4 is 29.3 Å². The summed E-state index contributed by atoms with van der Waals surface area (Å²) in [6.07, 6.45) is 3.44. The Bertz CT molecular complexity index is 1130. The van der Waals surface area contributed by atoms with Gasteiger partial charge in [0.1, 0.15) is 0 Å². The van der Waals surface area contributed by atoms with E-state index in [1.165, 1.54) is 0 Å². The van der Waals surface area contributed by atoms with E-state index in [9.17, 15) is 18.0 Å². The van der Waals surface area contributed by atoms with Crippen LogP contribution in [0.2, 0.25) is 5.02 Å². The van der Waals surface area contributed by atoms with Crippen LogP contribution in [0.4, 0.5) is 29.6 Å². The maximum Gasteiger partial charge on any atom is 0.416 e. The number of halogens is 4. The van der Waals surface area contributed by atoms with Crippen LogP contribution >= 0.6 is 11.6 Å². The Morgan fingerprint density at radius 2 is 1.68 bits per heavy atom. The number of hydrogen-bond acceptors (Lipinski definition) is 6. The molecule has 0 spiro atoms. The molecule has 0 N–H and O–H groups in total. The zero-order chi connectivity index (χ0) is 29.0. The molecule has 4 rings (SSSR count). The summed E-state index contributed by atoms with van der Waals surface area (Å²) in [4.78, 5) is 28.5. The number of benzene rings is 1. The molecule has 2 saturated heterocycles. The minimum atomic E-state index is -4.51. The molecule has 0 aliphatic carbocycles. The Morgan fingerprint density at radius 3 is 2.20 bits per heavy atom. The van der Waals surface area contributed by atoms with Crippen LogP contribution in [0.3, 0.4) is 0 Å². The highest BCUT2D eigenvalue weighted by molar-refractivity contribution is 6.30. The average Bonchev–Trinajstić information content (AvgIpc) is 3.45. The maximum atomic E-state index is 13.6. The van der Waals surface area contributed by atoms with Gasteiger partial charge in [0.05, 0.1) is 29.7 Å². The number of aromatic nitrogens is 2. The van der Waals surface area contributed by atoms with Gasteiger partial charge in [0.2, 0.25) is 5.95 Å². The summed E-state index contributed by atoms with van der Waals surface area (Å²) >= 11 is 6.14. The monoisotopic (exact) mass is 581 g/mol. The van der Waals surface area contributed by atoms with E-state index < -0.39 is 11.7 Å². The minimum Gasteiger partial charge on any atom is -0.447 e. The molecule has 220 valence electrons. The van der Waals surface area contributed by atoms with Crippen LogP contribution in [0.25, 0.3) is 0 Å². The number of carbonyl (C=O) groups is 1. The normalized spacial score (nSPS) is 21.7. The van der Waals surface area contributed by atoms with E-state index >= 15 is 0 Å². The van der Waals surface area contributed by atoms with Crippen LogP contribution in [0.1, 0.15) is 77.3 Å². The lowest BCUT2D eigenvalue weighted by atomic mass is 9.87. The molecule has 2 aliphatic heterocycles. The van der Waals surface area contributed by atoms with Crippen molar-refractivity contribution in [3.05, 3.63) is 46.7 Å². The van der Waals surface area contributed by atoms with Crippen molar-refractivity contribution in [2.45, 2.75) is 103 Å². The molecule has 40 heavy (non-hydrogen) atoms. The summed E-state index contributed by atoms with van der Waals surface area (Å²) in [5, 5.41) is 0.0270. The number of carbonyl (C=O) groups excluding carboxylic acids is 1. The molecule has 1 aromatic carbocycles. The number of amides is 1. The predicted octanol–water partition coefficient (Wildman–Crippen LogP) is 7.32. The number of likely N-dealkylation sites (tertiary alicyclic amines) is 1. The molecule has 0 saturated carbocycles. The molecule has 2 fully saturated rings. The molecule has 2 aromatic rings. The van der Waals surface area contributed by atoms with Crippen LogP contribution in [0.15, 0.2) is 30.6 Å². The molecule has 0 unspecified atom stereocenters. The van der Waals surface area contributed by atoms with Gasteiger partial charge in [0, 0.05) is 42.8 Å². The van der Waals surface area contributed by atoms with Crippen LogP contribution in [0.5, 0.6) is 0 Å². The Kier molecular flexibility index (Phi) is 9.69. The highest BCUT2D eigenvalue weighted by Gasteiger charge is 2.41. The number of rotatable bonds is 8. The largest absolute Gasteiger partial charge is 0.447 e. The van der Waals surface area contributed by atoms with E-state index in [1.54, 1.807) is 18.5 Å². The van der Waals surface area contributed by atoms with Crippen molar-refractivity contribution < 1.29 is 22.7 Å². The molecule has 11 heteroatoms. The van der Waals surface area contributed by atoms with Crippen molar-refractivity contribution in [1.82, 2.24) is 14.9 Å². The number of anilines is 2. The van der Waals surface area contributed by atoms with Gasteiger partial charge in [0.25, 0.3) is 0 Å². The van der Waals surface area contributed by atoms with Crippen molar-refractivity contribution in [3.63, 3.8) is 0 Å². The molecule has 2 aliphatic rings. The summed E-state index contributed by atoms with van der Waals surface area (Å²) in [5.41, 5.74) is 0.576. The van der Waals surface area contributed by atoms with E-state index in [0.29, 0.717) is 24.4 Å². The van der Waals surface area contributed by atoms with Gasteiger partial charge in [-0.15, -0.1) is 0 Å². The Hall–Kier alpha value is -2.75. The summed E-state index contributed by atoms with van der Waals surface area (Å²) < 4.78 is 46.4. The second-order valence-corrected chi connectivity index (χ2v) is 11.4. The number of alkyl halides is 3. The fourth-order valence-electron chi connectivity index (χ4n) is 5.86. The topological polar surface area (TPSA) is 61.8 Å². The van der Waals surface area contributed by atoms with Crippen LogP contribution in [0, 0.1) is 0 Å². The lowest BCUT2D eigenvalue weighted by Gasteiger charge is -2.47. The summed E-state index contributed by atoms with van der Waals surface area (Å²) in [7, 11) is 0. The quantitative estimate of drug-likeness (QED) is 0.325. The Labute approximate surface area is 239 Å². The van der Waals surface area contributed by atoms with E-state index in [4.69, 9.17) is 26.3 Å². The molecule has 1 aromatic heterocycles. The van der Waals surface area contributed by atoms with E-state index in [-0.39, 0.29) is 41.9 Å². The lowest BCUT2D eigenvalue weighted by molar-refractivity contribution is -0.137. The van der Waals surface area contributed by atoms with Crippen molar-refractivity contribution in [2.24, 2.45) is 0 Å². The number of nitrogens with zero attached hydrogens (tertiary/aromatic N) is 5. The van der Waals surface area contributed by atoms with Crippen molar-refractivity contribution in [3.8, 4) is 0 Å². The first kappa shape index (κ1) is 30.2. The third-order valence-electron chi connectivity index (χ3n) is 7.80. The summed E-state index contributed by atoms with van der Waals surface area (Å²) in [6, 6.07) is 3.35. The van der Waals surface area contributed by atoms with Crippen LogP contribution < -0.4 is 9.80 Å². The third kappa shape index (κ3) is 7.11. The van der Waals surface area contributed by atoms with Gasteiger partial charge in [-0.2, -0.15) is 13.2 Å². The van der Waals surface area contributed by atoms with Gasteiger partial charge < -0.3 is 19.4 Å². The van der Waals surface area contributed by atoms with Gasteiger partial charge in [0.15, 0.2) is 0 Å². The molecule has 3 atom stereocenters. The fraction of sp³-hybridized carbons (Fsp3) is 0.621. The molecule has 1 amide bonds. The van der Waals surface area contributed by atoms with Crippen LogP contribution in [-0.4, -0.2) is 58.3 Å². The third-order valence-corrected chi connectivity index (χ3v) is 8.01. The average molecular weight is 582 g/mol. The Morgan fingerprint density at radius 1 is 1.07 bits per heavy atom. The number of piperidine rings is 1. The molecule has 7 nitrogen and oxygen atoms in total. The first-order valence-electron chi connectivity index (χ1n) is 14.2. The first-order chi connectivity index (χ1) is 19.0. The zero-order valence-electron chi connectivity index (χ0n) is 23.6. The SMILES string of the molecule is CC[C@@H]1C[C@H](N(Cc2cc(Cl)cc(C(F)(F)F)c2)c2ncc(N3CCCC3)cn2)C[C@H](CC)N1C(=O)OC(C)C. The molecule has 0 bridgehead atoms. The standard InChI is InChI=1S/C29H39ClF3N5O2/c1-5-23-14-25(15-24(6-2)38(23)28(39)40-19(3)4)37(18-20-11-21(29(31,32)33)13-22(30)12-20)27-34-16-26(17-35-27)36-9-7-8-10-36/h11-13,16-17,19,23-25H,5-10,14-15,18H2,1-4H3/t23-,24+,25+. The molecule has 3 heterocycles.